The topological polar surface area (TPSA) is 92.5 Å². The zero-order valence-electron chi connectivity index (χ0n) is 6.02. The number of nitrogens with two attached hydrogens (primary N) is 2. The molecule has 0 aliphatic heterocycles. The van der Waals surface area contributed by atoms with Crippen LogP contribution in [0.3, 0.4) is 0 Å². The predicted octanol–water partition coefficient (Wildman–Crippen LogP) is 1.11. The molecule has 0 bridgehead atoms. The number of halogens is 2. The molecule has 0 amide bonds. The van der Waals surface area contributed by atoms with Gasteiger partial charge in [0.05, 0.1) is 5.69 Å². The lowest BCUT2D eigenvalue weighted by molar-refractivity contribution is 0.457. The van der Waals surface area contributed by atoms with E-state index in [1.165, 1.54) is 12.1 Å². The number of hydrogen-bond acceptors (Lipinski definition) is 4. The van der Waals surface area contributed by atoms with Gasteiger partial charge >= 0.3 is 0 Å². The number of anilines is 2. The SMILES string of the molecule is Cl.Cl.Nc1ccc(O)c(N)c1O. The van der Waals surface area contributed by atoms with Crippen molar-refractivity contribution in [2.24, 2.45) is 0 Å². The fourth-order valence-corrected chi connectivity index (χ4v) is 0.614. The summed E-state index contributed by atoms with van der Waals surface area (Å²) in [5.74, 6) is -0.424. The molecule has 0 saturated carbocycles. The Balaban J connectivity index is 0. The van der Waals surface area contributed by atoms with Gasteiger partial charge in [0.15, 0.2) is 5.75 Å². The van der Waals surface area contributed by atoms with Gasteiger partial charge in [-0.3, -0.25) is 0 Å². The summed E-state index contributed by atoms with van der Waals surface area (Å²) in [6, 6.07) is 2.70. The van der Waals surface area contributed by atoms with Gasteiger partial charge in [0.2, 0.25) is 0 Å². The Kier molecular flexibility index (Phi) is 5.42. The second-order valence-electron chi connectivity index (χ2n) is 1.94. The molecule has 0 saturated heterocycles. The second-order valence-corrected chi connectivity index (χ2v) is 1.94. The fraction of sp³-hybridized carbons (Fsp3) is 0. The maximum Gasteiger partial charge on any atom is 0.165 e. The monoisotopic (exact) mass is 212 g/mol. The molecule has 0 heterocycles. The first-order valence-electron chi connectivity index (χ1n) is 2.69. The van der Waals surface area contributed by atoms with Crippen molar-refractivity contribution in [3.05, 3.63) is 12.1 Å². The van der Waals surface area contributed by atoms with Gasteiger partial charge in [-0.1, -0.05) is 0 Å². The van der Waals surface area contributed by atoms with Crippen molar-refractivity contribution >= 4 is 36.2 Å². The number of rotatable bonds is 0. The molecule has 6 heteroatoms. The minimum absolute atomic E-state index is 0. The molecule has 0 fully saturated rings. The minimum atomic E-state index is -0.264. The first-order valence-corrected chi connectivity index (χ1v) is 2.69. The number of benzene rings is 1. The minimum Gasteiger partial charge on any atom is -0.506 e. The van der Waals surface area contributed by atoms with Crippen LogP contribution in [0.5, 0.6) is 11.5 Å². The quantitative estimate of drug-likeness (QED) is 0.295. The molecule has 0 radical (unpaired) electrons. The molecule has 70 valence electrons. The Labute approximate surface area is 82.0 Å². The van der Waals surface area contributed by atoms with E-state index in [1.54, 1.807) is 0 Å². The van der Waals surface area contributed by atoms with E-state index in [4.69, 9.17) is 21.7 Å². The van der Waals surface area contributed by atoms with Crippen LogP contribution in [0.25, 0.3) is 0 Å². The van der Waals surface area contributed by atoms with Crippen molar-refractivity contribution < 1.29 is 10.2 Å². The summed E-state index contributed by atoms with van der Waals surface area (Å²) in [5.41, 5.74) is 10.5. The van der Waals surface area contributed by atoms with E-state index in [0.29, 0.717) is 0 Å². The molecule has 0 spiro atoms. The zero-order valence-corrected chi connectivity index (χ0v) is 7.65. The van der Waals surface area contributed by atoms with E-state index < -0.39 is 0 Å². The molecule has 0 aromatic heterocycles. The molecular weight excluding hydrogens is 203 g/mol. The smallest absolute Gasteiger partial charge is 0.165 e. The van der Waals surface area contributed by atoms with Crippen LogP contribution in [0.15, 0.2) is 12.1 Å². The Morgan fingerprint density at radius 3 is 1.92 bits per heavy atom. The molecule has 1 aromatic carbocycles. The molecule has 0 atom stereocenters. The predicted molar refractivity (Wildman–Crippen MR) is 53.1 cm³/mol. The first-order chi connectivity index (χ1) is 4.63. The number of aromatic hydroxyl groups is 2. The van der Waals surface area contributed by atoms with Crippen molar-refractivity contribution in [3.63, 3.8) is 0 Å². The highest BCUT2D eigenvalue weighted by Gasteiger charge is 2.04. The summed E-state index contributed by atoms with van der Waals surface area (Å²) < 4.78 is 0. The van der Waals surface area contributed by atoms with Gasteiger partial charge in [0, 0.05) is 0 Å². The molecule has 1 aromatic rings. The van der Waals surface area contributed by atoms with Gasteiger partial charge in [-0.2, -0.15) is 0 Å². The molecule has 12 heavy (non-hydrogen) atoms. The molecule has 6 N–H and O–H groups in total. The average molecular weight is 213 g/mol. The van der Waals surface area contributed by atoms with Crippen LogP contribution in [0.4, 0.5) is 11.4 Å². The third-order valence-corrected chi connectivity index (χ3v) is 1.23. The highest BCUT2D eigenvalue weighted by Crippen LogP contribution is 2.34. The number of nitrogen functional groups attached to an aromatic ring is 2. The highest BCUT2D eigenvalue weighted by atomic mass is 35.5. The van der Waals surface area contributed by atoms with Crippen LogP contribution in [-0.2, 0) is 0 Å². The molecular formula is C6H10Cl2N2O2. The van der Waals surface area contributed by atoms with Gasteiger partial charge in [0.25, 0.3) is 0 Å². The average Bonchev–Trinajstić information content (AvgIpc) is 1.93. The summed E-state index contributed by atoms with van der Waals surface area (Å²) >= 11 is 0. The van der Waals surface area contributed by atoms with Crippen LogP contribution >= 0.6 is 24.8 Å². The van der Waals surface area contributed by atoms with Crippen molar-refractivity contribution in [1.29, 1.82) is 0 Å². The zero-order chi connectivity index (χ0) is 7.72. The molecule has 0 aliphatic carbocycles. The summed E-state index contributed by atoms with van der Waals surface area (Å²) in [7, 11) is 0. The summed E-state index contributed by atoms with van der Waals surface area (Å²) in [4.78, 5) is 0. The van der Waals surface area contributed by atoms with E-state index in [2.05, 4.69) is 0 Å². The normalized spacial score (nSPS) is 8.00. The Hall–Kier alpha value is -1.00. The number of phenols is 2. The van der Waals surface area contributed by atoms with E-state index >= 15 is 0 Å². The molecule has 0 aliphatic rings. The molecule has 4 nitrogen and oxygen atoms in total. The standard InChI is InChI=1S/C6H8N2O2.2ClH/c7-3-1-2-4(9)5(8)6(3)10;;/h1-2,9-10H,7-8H2;2*1H. The van der Waals surface area contributed by atoms with Gasteiger partial charge in [-0.15, -0.1) is 24.8 Å². The highest BCUT2D eigenvalue weighted by molar-refractivity contribution is 5.85. The van der Waals surface area contributed by atoms with Crippen molar-refractivity contribution in [2.45, 2.75) is 0 Å². The van der Waals surface area contributed by atoms with Gasteiger partial charge < -0.3 is 21.7 Å². The van der Waals surface area contributed by atoms with Crippen LogP contribution in [0.1, 0.15) is 0 Å². The Morgan fingerprint density at radius 1 is 1.00 bits per heavy atom. The van der Waals surface area contributed by atoms with E-state index in [1.807, 2.05) is 0 Å². The van der Waals surface area contributed by atoms with Crippen molar-refractivity contribution in [2.75, 3.05) is 11.5 Å². The van der Waals surface area contributed by atoms with Gasteiger partial charge in [-0.25, -0.2) is 0 Å². The largest absolute Gasteiger partial charge is 0.506 e. The molecule has 1 rings (SSSR count). The second kappa shape index (κ2) is 4.79. The maximum atomic E-state index is 8.98. The lowest BCUT2D eigenvalue weighted by Gasteiger charge is -2.02. The number of hydrogen-bond donors (Lipinski definition) is 4. The van der Waals surface area contributed by atoms with E-state index in [-0.39, 0.29) is 47.7 Å². The van der Waals surface area contributed by atoms with Crippen molar-refractivity contribution in [3.8, 4) is 11.5 Å². The van der Waals surface area contributed by atoms with Crippen LogP contribution in [0.2, 0.25) is 0 Å². The van der Waals surface area contributed by atoms with Crippen molar-refractivity contribution in [1.82, 2.24) is 0 Å². The van der Waals surface area contributed by atoms with Crippen LogP contribution in [0, 0.1) is 0 Å². The first kappa shape index (κ1) is 13.6. The third-order valence-electron chi connectivity index (χ3n) is 1.23. The Bertz CT molecular complexity index is 241. The molecule has 0 unspecified atom stereocenters. The summed E-state index contributed by atoms with van der Waals surface area (Å²) in [5, 5.41) is 17.9. The Morgan fingerprint density at radius 2 is 1.50 bits per heavy atom. The van der Waals surface area contributed by atoms with E-state index in [0.717, 1.165) is 0 Å². The van der Waals surface area contributed by atoms with Gasteiger partial charge in [0.1, 0.15) is 11.4 Å². The maximum absolute atomic E-state index is 8.98. The van der Waals surface area contributed by atoms with E-state index in [9.17, 15) is 0 Å². The van der Waals surface area contributed by atoms with Crippen LogP contribution in [-0.4, -0.2) is 10.2 Å². The lowest BCUT2D eigenvalue weighted by Crippen LogP contribution is -1.91. The fourth-order valence-electron chi connectivity index (χ4n) is 0.614. The summed E-state index contributed by atoms with van der Waals surface area (Å²) in [6.45, 7) is 0. The van der Waals surface area contributed by atoms with Crippen LogP contribution < -0.4 is 11.5 Å². The third kappa shape index (κ3) is 2.25. The lowest BCUT2D eigenvalue weighted by atomic mass is 10.2. The number of phenolic OH excluding ortho intramolecular Hbond substituents is 2. The van der Waals surface area contributed by atoms with Gasteiger partial charge in [-0.05, 0) is 12.1 Å². The summed E-state index contributed by atoms with van der Waals surface area (Å²) in [6.07, 6.45) is 0.